The van der Waals surface area contributed by atoms with Gasteiger partial charge in [-0.3, -0.25) is 33.7 Å². The van der Waals surface area contributed by atoms with Gasteiger partial charge in [-0.2, -0.15) is 0 Å². The summed E-state index contributed by atoms with van der Waals surface area (Å²) >= 11 is 0. The fraction of sp³-hybridized carbons (Fsp3) is 0.791. The number of nitrogens with zero attached hydrogens (tertiary/aromatic N) is 2. The molecule has 11 heteroatoms. The largest absolute Gasteiger partial charge is 0.333 e. The van der Waals surface area contributed by atoms with Crippen LogP contribution >= 0.6 is 0 Å². The van der Waals surface area contributed by atoms with Gasteiger partial charge in [-0.25, -0.2) is 4.79 Å². The van der Waals surface area contributed by atoms with Crippen molar-refractivity contribution in [2.45, 2.75) is 157 Å². The van der Waals surface area contributed by atoms with E-state index in [0.717, 1.165) is 44.9 Å². The van der Waals surface area contributed by atoms with Gasteiger partial charge in [0.15, 0.2) is 11.6 Å². The highest BCUT2D eigenvalue weighted by Crippen LogP contribution is 2.66. The second-order valence-electron chi connectivity index (χ2n) is 20.4. The Bertz CT molecular complexity index is 1510. The number of rotatable bonds is 15. The number of fused-ring (bicyclic) bond motifs is 2. The van der Waals surface area contributed by atoms with E-state index in [-0.39, 0.29) is 73.0 Å². The quantitative estimate of drug-likeness (QED) is 0.115. The lowest BCUT2D eigenvalue weighted by Crippen LogP contribution is -2.62. The van der Waals surface area contributed by atoms with E-state index in [1.54, 1.807) is 11.0 Å². The molecule has 5 aliphatic rings. The lowest BCUT2D eigenvalue weighted by atomic mass is 9.75. The third-order valence-corrected chi connectivity index (χ3v) is 13.4. The number of ketones is 3. The summed E-state index contributed by atoms with van der Waals surface area (Å²) in [5.74, 6) is -2.20. The van der Waals surface area contributed by atoms with Crippen molar-refractivity contribution in [2.75, 3.05) is 13.1 Å². The number of amides is 5. The minimum absolute atomic E-state index is 0.0176. The molecule has 3 saturated carbocycles. The minimum Gasteiger partial charge on any atom is -0.333 e. The molecule has 0 aromatic heterocycles. The van der Waals surface area contributed by atoms with E-state index in [1.807, 2.05) is 55.4 Å². The monoisotopic (exact) mass is 750 g/mol. The van der Waals surface area contributed by atoms with Crippen LogP contribution in [-0.2, 0) is 28.8 Å². The highest BCUT2D eigenvalue weighted by molar-refractivity contribution is 6.38. The maximum Gasteiger partial charge on any atom is 0.315 e. The fourth-order valence-corrected chi connectivity index (χ4v) is 9.62. The Morgan fingerprint density at radius 3 is 2.06 bits per heavy atom. The molecule has 2 saturated heterocycles. The van der Waals surface area contributed by atoms with Crippen LogP contribution in [0.2, 0.25) is 0 Å². The van der Waals surface area contributed by atoms with E-state index in [4.69, 9.17) is 0 Å². The third-order valence-electron chi connectivity index (χ3n) is 13.4. The molecule has 300 valence electrons. The molecule has 2 heterocycles. The molecular formula is C43H66N4O7. The van der Waals surface area contributed by atoms with Crippen LogP contribution in [0.5, 0.6) is 0 Å². The summed E-state index contributed by atoms with van der Waals surface area (Å²) in [6, 6.07) is -2.91. The predicted molar refractivity (Wildman–Crippen MR) is 206 cm³/mol. The van der Waals surface area contributed by atoms with Crippen LogP contribution in [0.25, 0.3) is 0 Å². The number of nitrogens with one attached hydrogen (secondary N) is 2. The maximum atomic E-state index is 14.8. The van der Waals surface area contributed by atoms with E-state index >= 15 is 0 Å². The van der Waals surface area contributed by atoms with Gasteiger partial charge < -0.3 is 15.5 Å². The molecule has 0 aromatic rings. The number of urea groups is 1. The van der Waals surface area contributed by atoms with Crippen LogP contribution < -0.4 is 10.6 Å². The number of carbonyl (C=O) groups excluding carboxylic acids is 7. The Kier molecular flexibility index (Phi) is 12.1. The topological polar surface area (TPSA) is 150 Å². The molecule has 0 radical (unpaired) electrons. The van der Waals surface area contributed by atoms with Gasteiger partial charge in [0.25, 0.3) is 0 Å². The first kappa shape index (κ1) is 41.8. The third kappa shape index (κ3) is 9.18. The van der Waals surface area contributed by atoms with Gasteiger partial charge in [0, 0.05) is 44.7 Å². The molecule has 1 spiro atoms. The second kappa shape index (κ2) is 15.6. The van der Waals surface area contributed by atoms with Crippen molar-refractivity contribution in [3.05, 3.63) is 12.7 Å². The first-order chi connectivity index (χ1) is 25.1. The zero-order chi connectivity index (χ0) is 40.0. The van der Waals surface area contributed by atoms with Crippen LogP contribution in [0.1, 0.15) is 139 Å². The van der Waals surface area contributed by atoms with Crippen molar-refractivity contribution in [3.63, 3.8) is 0 Å². The Labute approximate surface area is 322 Å². The van der Waals surface area contributed by atoms with Crippen molar-refractivity contribution in [3.8, 4) is 0 Å². The fourth-order valence-electron chi connectivity index (χ4n) is 9.62. The molecule has 0 aromatic carbocycles. The van der Waals surface area contributed by atoms with Crippen molar-refractivity contribution in [1.82, 2.24) is 20.4 Å². The highest BCUT2D eigenvalue weighted by atomic mass is 16.2. The number of likely N-dealkylation sites (tertiary alicyclic amines) is 2. The number of Topliss-reactive ketones (excluding diaryl/α,β-unsaturated/α-hetero) is 3. The second-order valence-corrected chi connectivity index (χ2v) is 20.4. The van der Waals surface area contributed by atoms with Crippen LogP contribution in [0, 0.1) is 45.3 Å². The number of hydrogen-bond donors (Lipinski definition) is 2. The molecule has 5 rings (SSSR count). The molecule has 1 unspecified atom stereocenters. The molecule has 3 aliphatic carbocycles. The first-order valence-corrected chi connectivity index (χ1v) is 20.5. The maximum absolute atomic E-state index is 14.8. The van der Waals surface area contributed by atoms with E-state index in [0.29, 0.717) is 25.3 Å². The molecule has 54 heavy (non-hydrogen) atoms. The molecular weight excluding hydrogens is 684 g/mol. The van der Waals surface area contributed by atoms with E-state index in [9.17, 15) is 33.6 Å². The number of piperidine rings is 1. The Hall–Kier alpha value is -3.37. The number of carbonyl (C=O) groups is 7. The van der Waals surface area contributed by atoms with E-state index in [2.05, 4.69) is 17.2 Å². The summed E-state index contributed by atoms with van der Waals surface area (Å²) in [6.07, 6.45) is 10.1. The van der Waals surface area contributed by atoms with Crippen molar-refractivity contribution in [1.29, 1.82) is 0 Å². The minimum atomic E-state index is -0.991. The standard InChI is InChI=1S/C43H66N4O7/c1-10-11-15-30(48)36(52)27(20-26-13-12-14-26)21-31(49)35-28-16-17-43(18-19-43)29(28)24-47(35)38(53)37(41(5,6)7)45-39(54)44-32(40(2,3)4)25-46-33(50)22-42(8,9)23-34(46)51/h10,26-29,32,35,37H,1,11-25H2,2-9H3,(H2,44,45,54)/t27?,28-,29-,32+,35-,37+/m0/s1. The van der Waals surface area contributed by atoms with Gasteiger partial charge in [-0.1, -0.05) is 80.7 Å². The SMILES string of the molecule is C=CCCC(=O)C(=O)C(CC(=O)[C@@H]1[C@H]2CCC3(CC3)[C@H]2CN1C(=O)[C@@H](NC(=O)N[C@H](CN1C(=O)CC(C)(C)CC1=O)C(C)(C)C)C(C)(C)C)CC1CCC1. The Morgan fingerprint density at radius 2 is 1.54 bits per heavy atom. The first-order valence-electron chi connectivity index (χ1n) is 20.5. The predicted octanol–water partition coefficient (Wildman–Crippen LogP) is 6.18. The van der Waals surface area contributed by atoms with Crippen molar-refractivity contribution >= 4 is 41.1 Å². The Balaban J connectivity index is 1.36. The van der Waals surface area contributed by atoms with Gasteiger partial charge >= 0.3 is 6.03 Å². The van der Waals surface area contributed by atoms with Crippen LogP contribution in [0.15, 0.2) is 12.7 Å². The zero-order valence-corrected chi connectivity index (χ0v) is 34.2. The molecule has 2 aliphatic heterocycles. The Morgan fingerprint density at radius 1 is 0.907 bits per heavy atom. The van der Waals surface area contributed by atoms with Crippen molar-refractivity contribution < 1.29 is 33.6 Å². The summed E-state index contributed by atoms with van der Waals surface area (Å²) in [4.78, 5) is 98.8. The molecule has 6 atom stereocenters. The number of hydrogen-bond acceptors (Lipinski definition) is 7. The van der Waals surface area contributed by atoms with Gasteiger partial charge in [0.1, 0.15) is 6.04 Å². The molecule has 5 amide bonds. The summed E-state index contributed by atoms with van der Waals surface area (Å²) in [5, 5.41) is 5.95. The zero-order valence-electron chi connectivity index (χ0n) is 34.2. The van der Waals surface area contributed by atoms with Crippen LogP contribution in [0.4, 0.5) is 4.79 Å². The summed E-state index contributed by atoms with van der Waals surface area (Å²) in [5.41, 5.74) is -1.55. The van der Waals surface area contributed by atoms with Gasteiger partial charge in [-0.15, -0.1) is 6.58 Å². The molecule has 11 nitrogen and oxygen atoms in total. The van der Waals surface area contributed by atoms with Crippen molar-refractivity contribution in [2.24, 2.45) is 45.3 Å². The van der Waals surface area contributed by atoms with Crippen LogP contribution in [0.3, 0.4) is 0 Å². The van der Waals surface area contributed by atoms with Gasteiger partial charge in [0.2, 0.25) is 23.5 Å². The summed E-state index contributed by atoms with van der Waals surface area (Å²) < 4.78 is 0. The smallest absolute Gasteiger partial charge is 0.315 e. The average molecular weight is 751 g/mol. The van der Waals surface area contributed by atoms with Gasteiger partial charge in [0.05, 0.1) is 12.1 Å². The lowest BCUT2D eigenvalue weighted by molar-refractivity contribution is -0.153. The molecule has 0 bridgehead atoms. The summed E-state index contributed by atoms with van der Waals surface area (Å²) in [6.45, 7) is 19.3. The van der Waals surface area contributed by atoms with E-state index < -0.39 is 57.9 Å². The average Bonchev–Trinajstić information content (AvgIpc) is 3.60. The number of allylic oxidation sites excluding steroid dienone is 1. The molecule has 5 fully saturated rings. The molecule has 2 N–H and O–H groups in total. The number of imide groups is 1. The summed E-state index contributed by atoms with van der Waals surface area (Å²) in [7, 11) is 0. The highest BCUT2D eigenvalue weighted by Gasteiger charge is 2.64. The lowest BCUT2D eigenvalue weighted by Gasteiger charge is -2.40. The van der Waals surface area contributed by atoms with Gasteiger partial charge in [-0.05, 0) is 77.9 Å². The van der Waals surface area contributed by atoms with E-state index in [1.165, 1.54) is 4.90 Å². The van der Waals surface area contributed by atoms with Crippen LogP contribution in [-0.4, -0.2) is 82.1 Å². The normalized spacial score (nSPS) is 26.4.